The highest BCUT2D eigenvalue weighted by molar-refractivity contribution is 7.82. The van der Waals surface area contributed by atoms with E-state index in [4.69, 9.17) is 47.4 Å². The maximum absolute atomic E-state index is 13.8. The molecule has 4 saturated carbocycles. The molecule has 6 rings (SSSR count). The Morgan fingerprint density at radius 2 is 1.58 bits per heavy atom. The fourth-order valence-corrected chi connectivity index (χ4v) is 13.0. The minimum absolute atomic E-state index is 0.0487. The lowest BCUT2D eigenvalue weighted by Crippen LogP contribution is -2.78. The highest BCUT2D eigenvalue weighted by Crippen LogP contribution is 2.74. The van der Waals surface area contributed by atoms with E-state index < -0.39 is 80.1 Å². The van der Waals surface area contributed by atoms with Crippen molar-refractivity contribution in [2.75, 3.05) is 6.61 Å². The van der Waals surface area contributed by atoms with Crippen LogP contribution in [0.2, 0.25) is 0 Å². The average molecular weight is 747 g/mol. The van der Waals surface area contributed by atoms with Gasteiger partial charge < -0.3 is 29.9 Å². The molecule has 0 radical (unpaired) electrons. The van der Waals surface area contributed by atoms with Gasteiger partial charge in [-0.25, -0.2) is 9.59 Å². The lowest BCUT2D eigenvalue weighted by Gasteiger charge is -2.72. The van der Waals surface area contributed by atoms with E-state index in [0.717, 1.165) is 18.4 Å². The Labute approximate surface area is 312 Å². The molecule has 0 bridgehead atoms. The number of esters is 2. The van der Waals surface area contributed by atoms with E-state index in [1.165, 1.54) is 0 Å². The molecule has 8 nitrogen and oxygen atoms in total. The van der Waals surface area contributed by atoms with E-state index in [0.29, 0.717) is 24.8 Å². The van der Waals surface area contributed by atoms with Gasteiger partial charge in [0, 0.05) is 10.3 Å². The van der Waals surface area contributed by atoms with Crippen LogP contribution in [0.3, 0.4) is 0 Å². The first kappa shape index (κ1) is 38.3. The smallest absolute Gasteiger partial charge is 0.338 e. The van der Waals surface area contributed by atoms with Gasteiger partial charge in [-0.15, -0.1) is 0 Å². The highest BCUT2D eigenvalue weighted by atomic mass is 32.1. The second-order valence-electron chi connectivity index (χ2n) is 16.8. The first-order valence-corrected chi connectivity index (χ1v) is 19.3. The zero-order valence-corrected chi connectivity index (χ0v) is 32.6. The van der Waals surface area contributed by atoms with Crippen LogP contribution in [-0.4, -0.2) is 83.7 Å². The third-order valence-electron chi connectivity index (χ3n) is 14.4. The average Bonchev–Trinajstić information content (AvgIpc) is 3.07. The lowest BCUT2D eigenvalue weighted by atomic mass is 9.37. The first-order chi connectivity index (χ1) is 23.3. The molecule has 4 fully saturated rings. The second kappa shape index (κ2) is 12.8. The molecular weight excluding hydrogens is 693 g/mol. The number of benzene rings is 1. The maximum atomic E-state index is 13.8. The number of fused-ring (bicyclic) bond motifs is 7. The Kier molecular flexibility index (Phi) is 9.82. The Balaban J connectivity index is 1.51. The molecule has 0 aromatic heterocycles. The number of hydrogen-bond donors (Lipinski definition) is 7. The Bertz CT molecular complexity index is 1580. The first-order valence-electron chi connectivity index (χ1n) is 17.9. The predicted octanol–water partition coefficient (Wildman–Crippen LogP) is 5.39. The number of ether oxygens (including phenoxy) is 2. The van der Waals surface area contributed by atoms with Crippen molar-refractivity contribution in [2.45, 2.75) is 125 Å². The minimum Gasteiger partial charge on any atom is -0.454 e. The van der Waals surface area contributed by atoms with E-state index in [1.54, 1.807) is 50.3 Å². The number of rotatable bonds is 5. The van der Waals surface area contributed by atoms with Crippen molar-refractivity contribution >= 4 is 49.8 Å². The lowest BCUT2D eigenvalue weighted by molar-refractivity contribution is -0.248. The number of carbonyl (C=O) groups is 2. The molecule has 11 heteroatoms. The SMILES string of the molecule is C/C=C(/C)C(=O)O[C@H]1[C@H](OC(=O)c2ccccc2)[C@@]2(CO)C(C[C@]1(C)S)C1=CCC3[C@@]4(C)CC[C@H](O)[C@@](C)(S)C4CC[C@@]3(C)[C@]1(S)[C@@H](O)[C@H]2O. The predicted molar refractivity (Wildman–Crippen MR) is 201 cm³/mol. The van der Waals surface area contributed by atoms with Crippen LogP contribution in [-0.2, 0) is 14.3 Å². The number of aliphatic hydroxyl groups excluding tert-OH is 4. The Morgan fingerprint density at radius 1 is 0.920 bits per heavy atom. The van der Waals surface area contributed by atoms with Crippen LogP contribution >= 0.6 is 37.9 Å². The molecule has 0 saturated heterocycles. The van der Waals surface area contributed by atoms with Gasteiger partial charge in [0.25, 0.3) is 0 Å². The van der Waals surface area contributed by atoms with Crippen LogP contribution in [0.1, 0.15) is 90.4 Å². The highest BCUT2D eigenvalue weighted by Gasteiger charge is 2.77. The fourth-order valence-electron chi connectivity index (χ4n) is 11.4. The zero-order valence-electron chi connectivity index (χ0n) is 29.9. The molecule has 276 valence electrons. The van der Waals surface area contributed by atoms with E-state index in [2.05, 4.69) is 19.9 Å². The van der Waals surface area contributed by atoms with Crippen molar-refractivity contribution in [3.8, 4) is 0 Å². The summed E-state index contributed by atoms with van der Waals surface area (Å²) in [5.41, 5.74) is -1.12. The van der Waals surface area contributed by atoms with Gasteiger partial charge in [-0.3, -0.25) is 0 Å². The monoisotopic (exact) mass is 746 g/mol. The summed E-state index contributed by atoms with van der Waals surface area (Å²) in [5.74, 6) is -1.82. The summed E-state index contributed by atoms with van der Waals surface area (Å²) in [6.07, 6.45) is 1.30. The van der Waals surface area contributed by atoms with Crippen LogP contribution in [0.5, 0.6) is 0 Å². The molecule has 50 heavy (non-hydrogen) atoms. The second-order valence-corrected chi connectivity index (χ2v) is 19.5. The molecule has 14 atom stereocenters. The summed E-state index contributed by atoms with van der Waals surface area (Å²) >= 11 is 15.6. The molecule has 0 aliphatic heterocycles. The fraction of sp³-hybridized carbons (Fsp3) is 0.692. The summed E-state index contributed by atoms with van der Waals surface area (Å²) in [6, 6.07) is 8.38. The van der Waals surface area contributed by atoms with Crippen molar-refractivity contribution in [1.29, 1.82) is 0 Å². The van der Waals surface area contributed by atoms with Gasteiger partial charge in [0.2, 0.25) is 0 Å². The molecule has 1 aromatic rings. The number of allylic oxidation sites excluding steroid dienone is 2. The Hall–Kier alpha value is -1.47. The zero-order chi connectivity index (χ0) is 36.8. The maximum Gasteiger partial charge on any atom is 0.338 e. The quantitative estimate of drug-likeness (QED) is 0.0924. The number of aliphatic hydroxyl groups is 4. The van der Waals surface area contributed by atoms with E-state index >= 15 is 0 Å². The number of carbonyl (C=O) groups excluding carboxylic acids is 2. The van der Waals surface area contributed by atoms with Crippen LogP contribution in [0.15, 0.2) is 53.6 Å². The third-order valence-corrected chi connectivity index (χ3v) is 16.5. The molecule has 5 aliphatic carbocycles. The van der Waals surface area contributed by atoms with Crippen molar-refractivity contribution in [1.82, 2.24) is 0 Å². The number of thiol groups is 3. The van der Waals surface area contributed by atoms with Gasteiger partial charge in [0.1, 0.15) is 0 Å². The van der Waals surface area contributed by atoms with Gasteiger partial charge in [0.05, 0.1) is 45.4 Å². The normalized spacial score (nSPS) is 48.6. The van der Waals surface area contributed by atoms with Gasteiger partial charge in [-0.2, -0.15) is 37.9 Å². The van der Waals surface area contributed by atoms with Crippen molar-refractivity contribution in [3.05, 3.63) is 59.2 Å². The molecule has 5 aliphatic rings. The molecular formula is C39H54O8S3. The summed E-state index contributed by atoms with van der Waals surface area (Å²) in [4.78, 5) is 27.2. The molecule has 4 N–H and O–H groups in total. The van der Waals surface area contributed by atoms with Crippen LogP contribution in [0.25, 0.3) is 0 Å². The molecule has 3 unspecified atom stereocenters. The minimum atomic E-state index is -1.66. The molecule has 0 spiro atoms. The summed E-state index contributed by atoms with van der Waals surface area (Å²) in [7, 11) is 0. The van der Waals surface area contributed by atoms with Gasteiger partial charge in [0.15, 0.2) is 12.2 Å². The largest absolute Gasteiger partial charge is 0.454 e. The third kappa shape index (κ3) is 5.17. The van der Waals surface area contributed by atoms with Crippen molar-refractivity contribution < 1.29 is 39.5 Å². The van der Waals surface area contributed by atoms with Crippen LogP contribution < -0.4 is 0 Å². The number of hydrogen-bond acceptors (Lipinski definition) is 11. The van der Waals surface area contributed by atoms with Gasteiger partial charge in [-0.1, -0.05) is 49.8 Å². The van der Waals surface area contributed by atoms with Gasteiger partial charge in [-0.05, 0) is 107 Å². The molecule has 0 amide bonds. The standard InChI is InChI=1S/C39H54O8S3/c1-7-21(2)32(44)46-30-31(47-33(45)22-11-9-8-10-12-22)38(20-40)24(19-36(30,5)48)23-13-14-25-34(3)17-16-27(41)37(6,49)26(34)15-18-35(25,4)39(23,50)29(43)28(38)42/h7-13,24-31,40-43,48-50H,14-20H2,1-6H3/b21-7-/t24?,25?,26?,27-,28+,29-,30-,31-,34+,35+,36-,37-,38-,39+/m0/s1. The van der Waals surface area contributed by atoms with Crippen LogP contribution in [0.4, 0.5) is 0 Å². The Morgan fingerprint density at radius 3 is 2.20 bits per heavy atom. The van der Waals surface area contributed by atoms with Crippen molar-refractivity contribution in [3.63, 3.8) is 0 Å². The molecule has 1 aromatic carbocycles. The van der Waals surface area contributed by atoms with Crippen LogP contribution in [0, 0.1) is 34.0 Å². The van der Waals surface area contributed by atoms with Gasteiger partial charge >= 0.3 is 11.9 Å². The summed E-state index contributed by atoms with van der Waals surface area (Å²) < 4.78 is 9.49. The summed E-state index contributed by atoms with van der Waals surface area (Å²) in [5, 5.41) is 47.7. The topological polar surface area (TPSA) is 134 Å². The van der Waals surface area contributed by atoms with E-state index in [-0.39, 0.29) is 29.2 Å². The van der Waals surface area contributed by atoms with E-state index in [9.17, 15) is 30.0 Å². The van der Waals surface area contributed by atoms with Crippen molar-refractivity contribution in [2.24, 2.45) is 34.0 Å². The molecule has 0 heterocycles. The summed E-state index contributed by atoms with van der Waals surface area (Å²) in [6.45, 7) is 11.0. The van der Waals surface area contributed by atoms with E-state index in [1.807, 2.05) is 13.8 Å².